The van der Waals surface area contributed by atoms with Gasteiger partial charge >= 0.3 is 0 Å². The predicted octanol–water partition coefficient (Wildman–Crippen LogP) is 2.36. The van der Waals surface area contributed by atoms with E-state index in [2.05, 4.69) is 4.98 Å². The van der Waals surface area contributed by atoms with Gasteiger partial charge in [0.05, 0.1) is 5.60 Å². The van der Waals surface area contributed by atoms with Gasteiger partial charge in [0.15, 0.2) is 10.8 Å². The van der Waals surface area contributed by atoms with Crippen LogP contribution >= 0.6 is 11.6 Å². The van der Waals surface area contributed by atoms with Gasteiger partial charge in [-0.1, -0.05) is 30.5 Å². The van der Waals surface area contributed by atoms with E-state index >= 15 is 0 Å². The van der Waals surface area contributed by atoms with E-state index in [9.17, 15) is 9.90 Å². The quantitative estimate of drug-likeness (QED) is 0.947. The second-order valence-electron chi connectivity index (χ2n) is 5.77. The lowest BCUT2D eigenvalue weighted by Crippen LogP contribution is -2.42. The summed E-state index contributed by atoms with van der Waals surface area (Å²) < 4.78 is 1.68. The van der Waals surface area contributed by atoms with E-state index in [4.69, 9.17) is 11.6 Å². The molecule has 0 unspecified atom stereocenters. The molecule has 0 saturated heterocycles. The minimum atomic E-state index is -0.766. The molecule has 21 heavy (non-hydrogen) atoms. The van der Waals surface area contributed by atoms with Gasteiger partial charge < -0.3 is 10.0 Å². The Morgan fingerprint density at radius 2 is 2.19 bits per heavy atom. The third kappa shape index (κ3) is 2.63. The van der Waals surface area contributed by atoms with Crippen LogP contribution in [0, 0.1) is 0 Å². The molecule has 0 radical (unpaired) electrons. The summed E-state index contributed by atoms with van der Waals surface area (Å²) in [6, 6.07) is 5.47. The first kappa shape index (κ1) is 14.4. The third-order valence-corrected chi connectivity index (χ3v) is 4.37. The summed E-state index contributed by atoms with van der Waals surface area (Å²) in [6.07, 6.45) is 5.26. The summed E-state index contributed by atoms with van der Waals surface area (Å²) in [5, 5.41) is 10.6. The van der Waals surface area contributed by atoms with Crippen LogP contribution < -0.4 is 0 Å². The molecular formula is C15H18ClN3O2. The molecule has 0 atom stereocenters. The Labute approximate surface area is 128 Å². The van der Waals surface area contributed by atoms with Crippen LogP contribution in [0.25, 0.3) is 5.65 Å². The fourth-order valence-electron chi connectivity index (χ4n) is 3.04. The second kappa shape index (κ2) is 5.31. The molecule has 112 valence electrons. The molecule has 0 bridgehead atoms. The highest BCUT2D eigenvalue weighted by atomic mass is 35.5. The highest BCUT2D eigenvalue weighted by Gasteiger charge is 2.34. The summed E-state index contributed by atoms with van der Waals surface area (Å²) in [7, 11) is 1.69. The van der Waals surface area contributed by atoms with E-state index in [1.807, 2.05) is 12.1 Å². The van der Waals surface area contributed by atoms with Crippen molar-refractivity contribution < 1.29 is 9.90 Å². The molecule has 1 aliphatic carbocycles. The van der Waals surface area contributed by atoms with Crippen molar-refractivity contribution in [3.63, 3.8) is 0 Å². The Balaban J connectivity index is 1.88. The smallest absolute Gasteiger partial charge is 0.273 e. The Kier molecular flexibility index (Phi) is 3.63. The molecule has 5 nitrogen and oxygen atoms in total. The highest BCUT2D eigenvalue weighted by Crippen LogP contribution is 2.30. The van der Waals surface area contributed by atoms with E-state index in [1.165, 1.54) is 4.90 Å². The number of likely N-dealkylation sites (N-methyl/N-ethyl adjacent to an activating group) is 1. The lowest BCUT2D eigenvalue weighted by atomic mass is 10.0. The highest BCUT2D eigenvalue weighted by molar-refractivity contribution is 6.32. The normalized spacial score (nSPS) is 17.3. The molecule has 1 aliphatic rings. The van der Waals surface area contributed by atoms with Gasteiger partial charge in [0, 0.05) is 19.8 Å². The van der Waals surface area contributed by atoms with Crippen LogP contribution in [0.1, 0.15) is 36.2 Å². The second-order valence-corrected chi connectivity index (χ2v) is 6.13. The van der Waals surface area contributed by atoms with Crippen molar-refractivity contribution in [3.05, 3.63) is 35.2 Å². The van der Waals surface area contributed by atoms with Crippen molar-refractivity contribution >= 4 is 23.2 Å². The number of aliphatic hydroxyl groups is 1. The number of aromatic nitrogens is 2. The number of halogens is 1. The number of hydrogen-bond donors (Lipinski definition) is 1. The average molecular weight is 308 g/mol. The Bertz CT molecular complexity index is 677. The van der Waals surface area contributed by atoms with Crippen LogP contribution in [0.15, 0.2) is 24.4 Å². The molecule has 1 saturated carbocycles. The number of rotatable bonds is 3. The van der Waals surface area contributed by atoms with Crippen LogP contribution in [0.2, 0.25) is 5.15 Å². The van der Waals surface area contributed by atoms with E-state index in [1.54, 1.807) is 23.7 Å². The van der Waals surface area contributed by atoms with Crippen LogP contribution in [-0.4, -0.2) is 44.5 Å². The first-order valence-electron chi connectivity index (χ1n) is 7.11. The van der Waals surface area contributed by atoms with E-state index in [-0.39, 0.29) is 11.1 Å². The number of imidazole rings is 1. The van der Waals surface area contributed by atoms with Gasteiger partial charge in [-0.05, 0) is 25.0 Å². The number of amides is 1. The van der Waals surface area contributed by atoms with Gasteiger partial charge in [-0.15, -0.1) is 0 Å². The molecule has 1 fully saturated rings. The Hall–Kier alpha value is -1.59. The Morgan fingerprint density at radius 1 is 1.48 bits per heavy atom. The lowest BCUT2D eigenvalue weighted by Gasteiger charge is -2.28. The zero-order valence-electron chi connectivity index (χ0n) is 11.9. The molecule has 2 aromatic rings. The molecule has 1 N–H and O–H groups in total. The maximum Gasteiger partial charge on any atom is 0.273 e. The number of fused-ring (bicyclic) bond motifs is 1. The summed E-state index contributed by atoms with van der Waals surface area (Å²) in [5.74, 6) is -0.223. The predicted molar refractivity (Wildman–Crippen MR) is 80.6 cm³/mol. The summed E-state index contributed by atoms with van der Waals surface area (Å²) in [4.78, 5) is 18.4. The average Bonchev–Trinajstić information content (AvgIpc) is 3.00. The van der Waals surface area contributed by atoms with Gasteiger partial charge in [0.2, 0.25) is 0 Å². The fraction of sp³-hybridized carbons (Fsp3) is 0.467. The molecule has 0 aromatic carbocycles. The van der Waals surface area contributed by atoms with Gasteiger partial charge in [0.25, 0.3) is 5.91 Å². The molecule has 2 aromatic heterocycles. The number of pyridine rings is 1. The van der Waals surface area contributed by atoms with Gasteiger partial charge in [-0.25, -0.2) is 4.98 Å². The van der Waals surface area contributed by atoms with Crippen LogP contribution in [0.4, 0.5) is 0 Å². The van der Waals surface area contributed by atoms with Crippen molar-refractivity contribution in [1.29, 1.82) is 0 Å². The molecular weight excluding hydrogens is 290 g/mol. The molecule has 0 aliphatic heterocycles. The van der Waals surface area contributed by atoms with Crippen molar-refractivity contribution in [2.24, 2.45) is 0 Å². The van der Waals surface area contributed by atoms with Crippen LogP contribution in [0.3, 0.4) is 0 Å². The van der Waals surface area contributed by atoms with Crippen LogP contribution in [0.5, 0.6) is 0 Å². The molecule has 2 heterocycles. The summed E-state index contributed by atoms with van der Waals surface area (Å²) >= 11 is 6.12. The zero-order chi connectivity index (χ0) is 15.0. The number of carbonyl (C=O) groups is 1. The van der Waals surface area contributed by atoms with E-state index < -0.39 is 5.60 Å². The topological polar surface area (TPSA) is 57.8 Å². The monoisotopic (exact) mass is 307 g/mol. The van der Waals surface area contributed by atoms with Crippen molar-refractivity contribution in [2.75, 3.05) is 13.6 Å². The third-order valence-electron chi connectivity index (χ3n) is 4.10. The van der Waals surface area contributed by atoms with Gasteiger partial charge in [-0.3, -0.25) is 9.20 Å². The summed E-state index contributed by atoms with van der Waals surface area (Å²) in [6.45, 7) is 0.322. The number of hydrogen-bond acceptors (Lipinski definition) is 3. The number of carbonyl (C=O) groups excluding carboxylic acids is 1. The molecule has 3 rings (SSSR count). The molecule has 6 heteroatoms. The first-order chi connectivity index (χ1) is 10.0. The number of nitrogens with zero attached hydrogens (tertiary/aromatic N) is 3. The Morgan fingerprint density at radius 3 is 2.90 bits per heavy atom. The minimum Gasteiger partial charge on any atom is -0.388 e. The van der Waals surface area contributed by atoms with Gasteiger partial charge in [0.1, 0.15) is 5.65 Å². The minimum absolute atomic E-state index is 0.191. The maximum atomic E-state index is 12.6. The van der Waals surface area contributed by atoms with Crippen molar-refractivity contribution in [3.8, 4) is 0 Å². The lowest BCUT2D eigenvalue weighted by molar-refractivity contribution is 0.0154. The summed E-state index contributed by atoms with van der Waals surface area (Å²) in [5.41, 5.74) is 0.215. The van der Waals surface area contributed by atoms with E-state index in [0.717, 1.165) is 25.7 Å². The standard InChI is InChI=1S/C15H18ClN3O2/c1-18(10-15(21)7-3-4-8-15)14(20)12-13(16)17-11-6-2-5-9-19(11)12/h2,5-6,9,21H,3-4,7-8,10H2,1H3. The van der Waals surface area contributed by atoms with E-state index in [0.29, 0.717) is 17.9 Å². The maximum absolute atomic E-state index is 12.6. The SMILES string of the molecule is CN(CC1(O)CCCC1)C(=O)c1c(Cl)nc2ccccn12. The van der Waals surface area contributed by atoms with Crippen LogP contribution in [-0.2, 0) is 0 Å². The molecule has 1 amide bonds. The zero-order valence-corrected chi connectivity index (χ0v) is 12.7. The van der Waals surface area contributed by atoms with Gasteiger partial charge in [-0.2, -0.15) is 0 Å². The van der Waals surface area contributed by atoms with Crippen molar-refractivity contribution in [1.82, 2.24) is 14.3 Å². The van der Waals surface area contributed by atoms with Crippen molar-refractivity contribution in [2.45, 2.75) is 31.3 Å². The largest absolute Gasteiger partial charge is 0.388 e. The molecule has 0 spiro atoms. The fourth-order valence-corrected chi connectivity index (χ4v) is 3.30. The first-order valence-corrected chi connectivity index (χ1v) is 7.48.